The molecule has 1 rings (SSSR count). The monoisotopic (exact) mass is 309 g/mol. The third-order valence-electron chi connectivity index (χ3n) is 1.98. The van der Waals surface area contributed by atoms with Crippen LogP contribution < -0.4 is 4.46 Å². The molecule has 0 spiro atoms. The van der Waals surface area contributed by atoms with Gasteiger partial charge in [0.15, 0.2) is 0 Å². The minimum absolute atomic E-state index is 0.434. The second kappa shape index (κ2) is 6.37. The van der Waals surface area contributed by atoms with Gasteiger partial charge in [-0.2, -0.15) is 0 Å². The molecule has 0 aliphatic carbocycles. The van der Waals surface area contributed by atoms with Crippen molar-refractivity contribution in [2.75, 3.05) is 13.1 Å². The fraction of sp³-hybridized carbons (Fsp3) is 0.400. The van der Waals surface area contributed by atoms with E-state index in [-0.39, 0.29) is 0 Å². The van der Waals surface area contributed by atoms with Crippen molar-refractivity contribution in [3.63, 3.8) is 0 Å². The van der Waals surface area contributed by atoms with E-state index in [9.17, 15) is 8.42 Å². The van der Waals surface area contributed by atoms with Gasteiger partial charge in [-0.1, -0.05) is 0 Å². The Morgan fingerprint density at radius 2 is 1.75 bits per heavy atom. The van der Waals surface area contributed by atoms with E-state index in [0.717, 1.165) is 4.46 Å². The minimum atomic E-state index is -3.56. The van der Waals surface area contributed by atoms with Crippen LogP contribution in [0, 0.1) is 0 Å². The molecule has 0 N–H and O–H groups in total. The fourth-order valence-corrected chi connectivity index (χ4v) is 4.16. The molecule has 0 aliphatic rings. The molecule has 0 bridgehead atoms. The molecule has 0 amide bonds. The fourth-order valence-electron chi connectivity index (χ4n) is 1.14. The molecule has 0 saturated heterocycles. The van der Waals surface area contributed by atoms with Crippen molar-refractivity contribution in [2.45, 2.75) is 13.8 Å². The van der Waals surface area contributed by atoms with Crippen LogP contribution in [0.2, 0.25) is 0 Å². The molecule has 1 aromatic rings. The molecule has 0 saturated carbocycles. The number of benzene rings is 1. The topological polar surface area (TPSA) is 46.6 Å². The first-order valence-electron chi connectivity index (χ1n) is 5.01. The van der Waals surface area contributed by atoms with E-state index in [1.165, 1.54) is 4.31 Å². The molecule has 4 nitrogen and oxygen atoms in total. The van der Waals surface area contributed by atoms with Crippen LogP contribution in [0.1, 0.15) is 13.8 Å². The third-order valence-corrected chi connectivity index (χ3v) is 5.86. The molecular formula is C10H15NO3SSe. The van der Waals surface area contributed by atoms with E-state index < -0.39 is 25.6 Å². The summed E-state index contributed by atoms with van der Waals surface area (Å²) >= 11 is -0.497. The number of hydrogen-bond donors (Lipinski definition) is 0. The average Bonchev–Trinajstić information content (AvgIpc) is 2.29. The molecule has 0 aliphatic heterocycles. The zero-order valence-corrected chi connectivity index (χ0v) is 11.8. The van der Waals surface area contributed by atoms with Crippen molar-refractivity contribution >= 4 is 30.1 Å². The molecule has 6 heteroatoms. The number of rotatable bonds is 6. The van der Waals surface area contributed by atoms with Crippen molar-refractivity contribution in [1.29, 1.82) is 0 Å². The van der Waals surface area contributed by atoms with Crippen molar-refractivity contribution in [3.8, 4) is 0 Å². The molecule has 0 unspecified atom stereocenters. The van der Waals surface area contributed by atoms with Gasteiger partial charge in [0.2, 0.25) is 0 Å². The summed E-state index contributed by atoms with van der Waals surface area (Å²) in [5.41, 5.74) is 0. The molecule has 16 heavy (non-hydrogen) atoms. The number of nitrogens with zero attached hydrogens (tertiary/aromatic N) is 1. The van der Waals surface area contributed by atoms with Crippen LogP contribution in [0.25, 0.3) is 0 Å². The summed E-state index contributed by atoms with van der Waals surface area (Å²) in [5, 5.41) is 0. The van der Waals surface area contributed by atoms with Gasteiger partial charge in [-0.15, -0.1) is 0 Å². The Hall–Kier alpha value is -0.391. The summed E-state index contributed by atoms with van der Waals surface area (Å²) in [7, 11) is -3.56. The average molecular weight is 308 g/mol. The Morgan fingerprint density at radius 1 is 1.19 bits per heavy atom. The zero-order valence-electron chi connectivity index (χ0n) is 9.29. The zero-order chi connectivity index (χ0) is 12.0. The van der Waals surface area contributed by atoms with Gasteiger partial charge in [-0.05, 0) is 0 Å². The molecule has 0 atom stereocenters. The Bertz CT molecular complexity index is 403. The van der Waals surface area contributed by atoms with E-state index in [0.29, 0.717) is 13.1 Å². The van der Waals surface area contributed by atoms with Crippen molar-refractivity contribution in [2.24, 2.45) is 0 Å². The van der Waals surface area contributed by atoms with Gasteiger partial charge >= 0.3 is 103 Å². The van der Waals surface area contributed by atoms with Crippen LogP contribution in [0.4, 0.5) is 0 Å². The van der Waals surface area contributed by atoms with Crippen LogP contribution in [-0.4, -0.2) is 41.1 Å². The van der Waals surface area contributed by atoms with Gasteiger partial charge in [0, 0.05) is 0 Å². The van der Waals surface area contributed by atoms with E-state index in [2.05, 4.69) is 0 Å². The predicted molar refractivity (Wildman–Crippen MR) is 64.8 cm³/mol. The van der Waals surface area contributed by atoms with Crippen LogP contribution in [0.5, 0.6) is 0 Å². The van der Waals surface area contributed by atoms with Gasteiger partial charge < -0.3 is 0 Å². The molecule has 0 heterocycles. The Morgan fingerprint density at radius 3 is 2.25 bits per heavy atom. The molecular weight excluding hydrogens is 293 g/mol. The van der Waals surface area contributed by atoms with Gasteiger partial charge in [0.25, 0.3) is 0 Å². The molecule has 0 radical (unpaired) electrons. The van der Waals surface area contributed by atoms with Gasteiger partial charge in [-0.25, -0.2) is 0 Å². The predicted octanol–water partition coefficient (Wildman–Crippen LogP) is 0.534. The first-order valence-corrected chi connectivity index (χ1v) is 7.93. The van der Waals surface area contributed by atoms with Crippen molar-refractivity contribution in [1.82, 2.24) is 4.31 Å². The molecule has 0 fully saturated rings. The summed E-state index contributed by atoms with van der Waals surface area (Å²) in [4.78, 5) is 0. The SMILES string of the molecule is CCN(CC)S(=O)(=O)O[Se]c1ccccc1. The second-order valence-corrected chi connectivity index (χ2v) is 6.71. The Balaban J connectivity index is 2.61. The maximum absolute atomic E-state index is 11.7. The second-order valence-electron chi connectivity index (χ2n) is 3.01. The summed E-state index contributed by atoms with van der Waals surface area (Å²) in [6, 6.07) is 9.34. The normalized spacial score (nSPS) is 11.9. The van der Waals surface area contributed by atoms with E-state index in [4.69, 9.17) is 3.27 Å². The summed E-state index contributed by atoms with van der Waals surface area (Å²) < 4.78 is 30.6. The van der Waals surface area contributed by atoms with E-state index >= 15 is 0 Å². The Labute approximate surface area is 103 Å². The van der Waals surface area contributed by atoms with Gasteiger partial charge in [0.05, 0.1) is 0 Å². The standard InChI is InChI=1S/C10H15NO3SSe/c1-3-11(4-2)15(12,13)14-16-10-8-6-5-7-9-10/h5-9H,3-4H2,1-2H3. The summed E-state index contributed by atoms with van der Waals surface area (Å²) in [5.74, 6) is 0. The van der Waals surface area contributed by atoms with Crippen molar-refractivity contribution < 1.29 is 11.7 Å². The van der Waals surface area contributed by atoms with Crippen LogP contribution in [-0.2, 0) is 13.6 Å². The van der Waals surface area contributed by atoms with E-state index in [1.807, 2.05) is 30.3 Å². The number of hydrogen-bond acceptors (Lipinski definition) is 3. The summed E-state index contributed by atoms with van der Waals surface area (Å²) in [6.45, 7) is 4.45. The van der Waals surface area contributed by atoms with Gasteiger partial charge in [-0.3, -0.25) is 0 Å². The quantitative estimate of drug-likeness (QED) is 0.721. The summed E-state index contributed by atoms with van der Waals surface area (Å²) in [6.07, 6.45) is 0. The van der Waals surface area contributed by atoms with Crippen LogP contribution in [0.15, 0.2) is 30.3 Å². The third kappa shape index (κ3) is 3.88. The van der Waals surface area contributed by atoms with Crippen LogP contribution >= 0.6 is 0 Å². The maximum atomic E-state index is 11.7. The first kappa shape index (κ1) is 13.7. The Kier molecular flexibility index (Phi) is 5.44. The first-order chi connectivity index (χ1) is 7.60. The van der Waals surface area contributed by atoms with Gasteiger partial charge in [0.1, 0.15) is 0 Å². The molecule has 0 aromatic heterocycles. The molecule has 1 aromatic carbocycles. The van der Waals surface area contributed by atoms with E-state index in [1.54, 1.807) is 13.8 Å². The van der Waals surface area contributed by atoms with Crippen LogP contribution in [0.3, 0.4) is 0 Å². The molecule has 90 valence electrons. The van der Waals surface area contributed by atoms with Crippen molar-refractivity contribution in [3.05, 3.63) is 30.3 Å².